The quantitative estimate of drug-likeness (QED) is 0.639. The number of nitrogens with zero attached hydrogens (tertiary/aromatic N) is 1. The van der Waals surface area contributed by atoms with Crippen molar-refractivity contribution in [2.45, 2.75) is 26.8 Å². The Hall–Kier alpha value is -1.59. The second-order valence-corrected chi connectivity index (χ2v) is 4.84. The number of likely N-dealkylation sites (N-methyl/N-ethyl adjacent to an activating group) is 2. The Kier molecular flexibility index (Phi) is 8.47. The summed E-state index contributed by atoms with van der Waals surface area (Å²) < 4.78 is 5.77. The molecule has 5 heteroatoms. The largest absolute Gasteiger partial charge is 0.493 e. The average molecular weight is 293 g/mol. The van der Waals surface area contributed by atoms with E-state index in [2.05, 4.69) is 17.1 Å². The Morgan fingerprint density at radius 3 is 2.76 bits per heavy atom. The molecule has 0 heterocycles. The van der Waals surface area contributed by atoms with E-state index in [4.69, 9.17) is 10.5 Å². The molecule has 0 aliphatic heterocycles. The van der Waals surface area contributed by atoms with Crippen molar-refractivity contribution in [3.05, 3.63) is 29.8 Å². The highest BCUT2D eigenvalue weighted by molar-refractivity contribution is 5.77. The summed E-state index contributed by atoms with van der Waals surface area (Å²) in [5, 5.41) is 2.82. The minimum atomic E-state index is 0.0775. The molecule has 1 aromatic carbocycles. The van der Waals surface area contributed by atoms with Crippen molar-refractivity contribution < 1.29 is 9.53 Å². The number of carbonyl (C=O) groups excluding carboxylic acids is 1. The molecule has 0 unspecified atom stereocenters. The van der Waals surface area contributed by atoms with Gasteiger partial charge in [-0.15, -0.1) is 0 Å². The van der Waals surface area contributed by atoms with E-state index >= 15 is 0 Å². The summed E-state index contributed by atoms with van der Waals surface area (Å²) in [5.41, 5.74) is 6.70. The van der Waals surface area contributed by atoms with Gasteiger partial charge in [-0.05, 0) is 26.0 Å². The van der Waals surface area contributed by atoms with Crippen LogP contribution >= 0.6 is 0 Å². The van der Waals surface area contributed by atoms with Crippen molar-refractivity contribution in [2.24, 2.45) is 5.73 Å². The number of hydrogen-bond acceptors (Lipinski definition) is 4. The molecule has 0 aliphatic rings. The van der Waals surface area contributed by atoms with Crippen LogP contribution in [0.2, 0.25) is 0 Å². The zero-order valence-electron chi connectivity index (χ0n) is 13.1. The first-order chi connectivity index (χ1) is 10.2. The molecule has 1 rings (SSSR count). The number of benzene rings is 1. The van der Waals surface area contributed by atoms with Gasteiger partial charge in [-0.3, -0.25) is 9.69 Å². The molecule has 0 aromatic heterocycles. The van der Waals surface area contributed by atoms with Gasteiger partial charge in [0.2, 0.25) is 5.91 Å². The topological polar surface area (TPSA) is 67.6 Å². The number of para-hydroxylation sites is 1. The van der Waals surface area contributed by atoms with Gasteiger partial charge in [0.1, 0.15) is 5.75 Å². The lowest BCUT2D eigenvalue weighted by Gasteiger charge is -2.19. The molecular formula is C16H27N3O2. The minimum Gasteiger partial charge on any atom is -0.493 e. The third kappa shape index (κ3) is 6.60. The second-order valence-electron chi connectivity index (χ2n) is 4.84. The molecule has 0 atom stereocenters. The lowest BCUT2D eigenvalue weighted by molar-refractivity contribution is -0.122. The number of amides is 1. The van der Waals surface area contributed by atoms with Gasteiger partial charge in [-0.1, -0.05) is 25.1 Å². The Morgan fingerprint density at radius 2 is 2.10 bits per heavy atom. The second kappa shape index (κ2) is 10.2. The van der Waals surface area contributed by atoms with E-state index in [0.717, 1.165) is 30.8 Å². The number of ether oxygens (including phenoxy) is 1. The van der Waals surface area contributed by atoms with E-state index in [9.17, 15) is 4.79 Å². The lowest BCUT2D eigenvalue weighted by atomic mass is 10.2. The normalized spacial score (nSPS) is 10.7. The predicted molar refractivity (Wildman–Crippen MR) is 85.2 cm³/mol. The highest BCUT2D eigenvalue weighted by atomic mass is 16.5. The highest BCUT2D eigenvalue weighted by Crippen LogP contribution is 2.17. The van der Waals surface area contributed by atoms with Crippen molar-refractivity contribution in [1.82, 2.24) is 10.2 Å². The Labute approximate surface area is 127 Å². The first-order valence-electron chi connectivity index (χ1n) is 7.61. The molecular weight excluding hydrogens is 266 g/mol. The van der Waals surface area contributed by atoms with Crippen LogP contribution in [0.25, 0.3) is 0 Å². The summed E-state index contributed by atoms with van der Waals surface area (Å²) in [6, 6.07) is 7.82. The Bertz CT molecular complexity index is 424. The van der Waals surface area contributed by atoms with Gasteiger partial charge in [0.25, 0.3) is 0 Å². The average Bonchev–Trinajstić information content (AvgIpc) is 2.50. The van der Waals surface area contributed by atoms with Gasteiger partial charge in [-0.25, -0.2) is 0 Å². The van der Waals surface area contributed by atoms with E-state index in [-0.39, 0.29) is 5.91 Å². The summed E-state index contributed by atoms with van der Waals surface area (Å²) in [6.07, 6.45) is 0.881. The number of nitrogens with one attached hydrogen (secondary N) is 1. The molecule has 0 fully saturated rings. The van der Waals surface area contributed by atoms with Crippen molar-refractivity contribution >= 4 is 5.91 Å². The minimum absolute atomic E-state index is 0.0775. The number of nitrogens with two attached hydrogens (primary N) is 1. The van der Waals surface area contributed by atoms with Crippen LogP contribution in [0.1, 0.15) is 25.8 Å². The fourth-order valence-corrected chi connectivity index (χ4v) is 2.09. The van der Waals surface area contributed by atoms with Crippen LogP contribution < -0.4 is 15.8 Å². The van der Waals surface area contributed by atoms with Crippen LogP contribution in [0.5, 0.6) is 5.75 Å². The van der Waals surface area contributed by atoms with Gasteiger partial charge >= 0.3 is 0 Å². The van der Waals surface area contributed by atoms with Crippen LogP contribution in [0.3, 0.4) is 0 Å². The van der Waals surface area contributed by atoms with Gasteiger partial charge in [0, 0.05) is 25.2 Å². The van der Waals surface area contributed by atoms with Crippen LogP contribution in [0, 0.1) is 0 Å². The maximum absolute atomic E-state index is 11.6. The summed E-state index contributed by atoms with van der Waals surface area (Å²) in [4.78, 5) is 13.7. The van der Waals surface area contributed by atoms with Gasteiger partial charge in [0.15, 0.2) is 0 Å². The summed E-state index contributed by atoms with van der Waals surface area (Å²) in [5.74, 6) is 0.931. The van der Waals surface area contributed by atoms with E-state index in [0.29, 0.717) is 26.2 Å². The standard InChI is InChI=1S/C16H27N3O2/c1-3-18-16(20)13-19(4-2)10-7-11-21-15-9-6-5-8-14(15)12-17/h5-6,8-9H,3-4,7,10-13,17H2,1-2H3,(H,18,20). The number of rotatable bonds is 10. The maximum atomic E-state index is 11.6. The van der Waals surface area contributed by atoms with Crippen LogP contribution in [-0.4, -0.2) is 43.6 Å². The molecule has 118 valence electrons. The summed E-state index contributed by atoms with van der Waals surface area (Å²) in [6.45, 7) is 7.92. The van der Waals surface area contributed by atoms with Crippen molar-refractivity contribution in [3.8, 4) is 5.75 Å². The zero-order chi connectivity index (χ0) is 15.5. The SMILES string of the molecule is CCNC(=O)CN(CC)CCCOc1ccccc1CN. The molecule has 1 amide bonds. The molecule has 0 radical (unpaired) electrons. The molecule has 0 spiro atoms. The monoisotopic (exact) mass is 293 g/mol. The Morgan fingerprint density at radius 1 is 1.33 bits per heavy atom. The van der Waals surface area contributed by atoms with Crippen LogP contribution in [0.4, 0.5) is 0 Å². The Balaban J connectivity index is 2.30. The fraction of sp³-hybridized carbons (Fsp3) is 0.562. The first kappa shape index (κ1) is 17.5. The molecule has 0 bridgehead atoms. The van der Waals surface area contributed by atoms with E-state index in [1.54, 1.807) is 0 Å². The molecule has 5 nitrogen and oxygen atoms in total. The summed E-state index contributed by atoms with van der Waals surface area (Å²) in [7, 11) is 0. The van der Waals surface area contributed by atoms with E-state index < -0.39 is 0 Å². The number of carbonyl (C=O) groups is 1. The molecule has 0 saturated heterocycles. The molecule has 3 N–H and O–H groups in total. The van der Waals surface area contributed by atoms with Crippen molar-refractivity contribution in [2.75, 3.05) is 32.8 Å². The van der Waals surface area contributed by atoms with Crippen LogP contribution in [-0.2, 0) is 11.3 Å². The molecule has 0 saturated carbocycles. The van der Waals surface area contributed by atoms with Crippen molar-refractivity contribution in [1.29, 1.82) is 0 Å². The first-order valence-corrected chi connectivity index (χ1v) is 7.61. The molecule has 21 heavy (non-hydrogen) atoms. The van der Waals surface area contributed by atoms with Gasteiger partial charge < -0.3 is 15.8 Å². The van der Waals surface area contributed by atoms with E-state index in [1.165, 1.54) is 0 Å². The fourth-order valence-electron chi connectivity index (χ4n) is 2.09. The lowest BCUT2D eigenvalue weighted by Crippen LogP contribution is -2.37. The number of hydrogen-bond donors (Lipinski definition) is 2. The molecule has 1 aromatic rings. The van der Waals surface area contributed by atoms with Crippen molar-refractivity contribution in [3.63, 3.8) is 0 Å². The van der Waals surface area contributed by atoms with E-state index in [1.807, 2.05) is 31.2 Å². The molecule has 0 aliphatic carbocycles. The van der Waals surface area contributed by atoms with Gasteiger partial charge in [0.05, 0.1) is 13.2 Å². The summed E-state index contributed by atoms with van der Waals surface area (Å²) >= 11 is 0. The zero-order valence-corrected chi connectivity index (χ0v) is 13.1. The third-order valence-corrected chi connectivity index (χ3v) is 3.26. The van der Waals surface area contributed by atoms with Gasteiger partial charge in [-0.2, -0.15) is 0 Å². The van der Waals surface area contributed by atoms with Crippen LogP contribution in [0.15, 0.2) is 24.3 Å². The highest BCUT2D eigenvalue weighted by Gasteiger charge is 2.08. The third-order valence-electron chi connectivity index (χ3n) is 3.26. The maximum Gasteiger partial charge on any atom is 0.234 e. The predicted octanol–water partition coefficient (Wildman–Crippen LogP) is 1.37. The smallest absolute Gasteiger partial charge is 0.234 e.